The van der Waals surface area contributed by atoms with Crippen LogP contribution in [0.5, 0.6) is 0 Å². The molecule has 5 heteroatoms. The number of nitrogens with one attached hydrogen (secondary N) is 1. The van der Waals surface area contributed by atoms with Gasteiger partial charge in [0, 0.05) is 12.2 Å². The van der Waals surface area contributed by atoms with Crippen molar-refractivity contribution < 1.29 is 8.42 Å². The van der Waals surface area contributed by atoms with Crippen molar-refractivity contribution in [3.63, 3.8) is 0 Å². The fourth-order valence-electron chi connectivity index (χ4n) is 2.02. The van der Waals surface area contributed by atoms with Gasteiger partial charge >= 0.3 is 0 Å². The molecule has 0 unspecified atom stereocenters. The van der Waals surface area contributed by atoms with Crippen LogP contribution in [0.2, 0.25) is 0 Å². The topological polar surface area (TPSA) is 72.2 Å². The average molecular weight is 240 g/mol. The van der Waals surface area contributed by atoms with E-state index in [1.807, 2.05) is 6.07 Å². The van der Waals surface area contributed by atoms with Gasteiger partial charge in [-0.3, -0.25) is 0 Å². The first-order valence-electron chi connectivity index (χ1n) is 5.41. The summed E-state index contributed by atoms with van der Waals surface area (Å²) in [6, 6.07) is 6.21. The van der Waals surface area contributed by atoms with Gasteiger partial charge in [-0.05, 0) is 42.5 Å². The molecule has 16 heavy (non-hydrogen) atoms. The van der Waals surface area contributed by atoms with E-state index in [4.69, 9.17) is 5.14 Å². The van der Waals surface area contributed by atoms with Crippen LogP contribution >= 0.6 is 0 Å². The molecule has 1 aromatic rings. The Bertz CT molecular complexity index is 483. The largest absolute Gasteiger partial charge is 0.384 e. The lowest BCUT2D eigenvalue weighted by molar-refractivity contribution is 0.598. The van der Waals surface area contributed by atoms with Crippen LogP contribution in [0, 0.1) is 0 Å². The van der Waals surface area contributed by atoms with Gasteiger partial charge in [-0.2, -0.15) is 0 Å². The van der Waals surface area contributed by atoms with Crippen LogP contribution in [0.3, 0.4) is 0 Å². The van der Waals surface area contributed by atoms with E-state index in [0.29, 0.717) is 6.54 Å². The van der Waals surface area contributed by atoms with E-state index in [9.17, 15) is 8.42 Å². The van der Waals surface area contributed by atoms with Crippen LogP contribution in [-0.4, -0.2) is 20.7 Å². The molecule has 0 aliphatic heterocycles. The predicted molar refractivity (Wildman–Crippen MR) is 64.9 cm³/mol. The molecule has 0 saturated heterocycles. The van der Waals surface area contributed by atoms with E-state index in [1.165, 1.54) is 17.5 Å². The van der Waals surface area contributed by atoms with Crippen molar-refractivity contribution in [2.24, 2.45) is 5.14 Å². The van der Waals surface area contributed by atoms with E-state index in [-0.39, 0.29) is 5.75 Å². The summed E-state index contributed by atoms with van der Waals surface area (Å²) in [6.45, 7) is 0.359. The van der Waals surface area contributed by atoms with Gasteiger partial charge in [-0.25, -0.2) is 13.6 Å². The van der Waals surface area contributed by atoms with Crippen LogP contribution in [0.25, 0.3) is 0 Å². The number of nitrogens with two attached hydrogens (primary N) is 1. The molecule has 0 bridgehead atoms. The maximum Gasteiger partial charge on any atom is 0.210 e. The molecule has 2 rings (SSSR count). The maximum absolute atomic E-state index is 10.7. The molecular weight excluding hydrogens is 224 g/mol. The Labute approximate surface area is 95.9 Å². The lowest BCUT2D eigenvalue weighted by atomic mass is 10.1. The van der Waals surface area contributed by atoms with E-state index in [1.54, 1.807) is 0 Å². The van der Waals surface area contributed by atoms with Crippen molar-refractivity contribution in [3.05, 3.63) is 29.3 Å². The SMILES string of the molecule is NS(=O)(=O)CCNc1ccc2c(c1)CCC2. The van der Waals surface area contributed by atoms with Crippen LogP contribution in [0.15, 0.2) is 18.2 Å². The standard InChI is InChI=1S/C11H16N2O2S/c12-16(14,15)7-6-13-11-5-4-9-2-1-3-10(9)8-11/h4-5,8,13H,1-3,6-7H2,(H2,12,14,15). The molecule has 1 aliphatic carbocycles. The summed E-state index contributed by atoms with van der Waals surface area (Å²) in [6.07, 6.45) is 3.50. The molecule has 0 amide bonds. The fraction of sp³-hybridized carbons (Fsp3) is 0.455. The summed E-state index contributed by atoms with van der Waals surface area (Å²) >= 11 is 0. The molecule has 1 aromatic carbocycles. The Morgan fingerprint density at radius 3 is 2.75 bits per heavy atom. The molecule has 0 radical (unpaired) electrons. The predicted octanol–water partition coefficient (Wildman–Crippen LogP) is 0.876. The molecular formula is C11H16N2O2S. The van der Waals surface area contributed by atoms with Gasteiger partial charge in [0.2, 0.25) is 10.0 Å². The van der Waals surface area contributed by atoms with Crippen molar-refractivity contribution in [2.75, 3.05) is 17.6 Å². The second-order valence-corrected chi connectivity index (χ2v) is 5.86. The van der Waals surface area contributed by atoms with E-state index < -0.39 is 10.0 Å². The summed E-state index contributed by atoms with van der Waals surface area (Å²) in [5, 5.41) is 7.99. The van der Waals surface area contributed by atoms with Gasteiger partial charge in [0.15, 0.2) is 0 Å². The van der Waals surface area contributed by atoms with Crippen molar-refractivity contribution in [1.82, 2.24) is 0 Å². The number of hydrogen-bond donors (Lipinski definition) is 2. The Morgan fingerprint density at radius 1 is 1.25 bits per heavy atom. The number of aryl methyl sites for hydroxylation is 2. The monoisotopic (exact) mass is 240 g/mol. The minimum absolute atomic E-state index is 0.0376. The fourth-order valence-corrected chi connectivity index (χ4v) is 2.41. The van der Waals surface area contributed by atoms with Crippen LogP contribution < -0.4 is 10.5 Å². The summed E-state index contributed by atoms with van der Waals surface area (Å²) in [5.41, 5.74) is 3.77. The second-order valence-electron chi connectivity index (χ2n) is 4.13. The first-order chi connectivity index (χ1) is 7.54. The highest BCUT2D eigenvalue weighted by Gasteiger charge is 2.10. The Kier molecular flexibility index (Phi) is 3.16. The molecule has 0 heterocycles. The molecule has 0 saturated carbocycles. The van der Waals surface area contributed by atoms with Crippen molar-refractivity contribution in [2.45, 2.75) is 19.3 Å². The molecule has 1 aliphatic rings. The van der Waals surface area contributed by atoms with Crippen molar-refractivity contribution in [3.8, 4) is 0 Å². The summed E-state index contributed by atoms with van der Waals surface area (Å²) in [7, 11) is -3.37. The zero-order chi connectivity index (χ0) is 11.6. The minimum Gasteiger partial charge on any atom is -0.384 e. The third-order valence-electron chi connectivity index (χ3n) is 2.81. The number of rotatable bonds is 4. The van der Waals surface area contributed by atoms with E-state index in [2.05, 4.69) is 17.4 Å². The number of fused-ring (bicyclic) bond motifs is 1. The molecule has 0 atom stereocenters. The van der Waals surface area contributed by atoms with Gasteiger partial charge in [-0.15, -0.1) is 0 Å². The van der Waals surface area contributed by atoms with Crippen LogP contribution in [0.1, 0.15) is 17.5 Å². The molecule has 3 N–H and O–H groups in total. The quantitative estimate of drug-likeness (QED) is 0.820. The highest BCUT2D eigenvalue weighted by atomic mass is 32.2. The maximum atomic E-state index is 10.7. The number of sulfonamides is 1. The second kappa shape index (κ2) is 4.43. The Balaban J connectivity index is 1.95. The Hall–Kier alpha value is -1.07. The van der Waals surface area contributed by atoms with Gasteiger partial charge in [0.1, 0.15) is 0 Å². The molecule has 0 fully saturated rings. The molecule has 88 valence electrons. The van der Waals surface area contributed by atoms with Gasteiger partial charge < -0.3 is 5.32 Å². The number of hydrogen-bond acceptors (Lipinski definition) is 3. The summed E-state index contributed by atoms with van der Waals surface area (Å²) in [5.74, 6) is -0.0376. The Morgan fingerprint density at radius 2 is 2.00 bits per heavy atom. The number of primary sulfonamides is 1. The minimum atomic E-state index is -3.37. The van der Waals surface area contributed by atoms with Crippen LogP contribution in [0.4, 0.5) is 5.69 Å². The van der Waals surface area contributed by atoms with Gasteiger partial charge in [-0.1, -0.05) is 6.07 Å². The normalized spacial score (nSPS) is 14.8. The molecule has 0 aromatic heterocycles. The summed E-state index contributed by atoms with van der Waals surface area (Å²) < 4.78 is 21.5. The van der Waals surface area contributed by atoms with Gasteiger partial charge in [0.05, 0.1) is 5.75 Å². The number of benzene rings is 1. The van der Waals surface area contributed by atoms with Crippen molar-refractivity contribution >= 4 is 15.7 Å². The molecule has 0 spiro atoms. The average Bonchev–Trinajstić information content (AvgIpc) is 2.62. The van der Waals surface area contributed by atoms with Crippen LogP contribution in [-0.2, 0) is 22.9 Å². The third kappa shape index (κ3) is 2.96. The highest BCUT2D eigenvalue weighted by Crippen LogP contribution is 2.24. The summed E-state index contributed by atoms with van der Waals surface area (Å²) in [4.78, 5) is 0. The van der Waals surface area contributed by atoms with E-state index in [0.717, 1.165) is 18.5 Å². The first-order valence-corrected chi connectivity index (χ1v) is 7.12. The smallest absolute Gasteiger partial charge is 0.210 e. The lowest BCUT2D eigenvalue weighted by Crippen LogP contribution is -2.22. The van der Waals surface area contributed by atoms with Crippen molar-refractivity contribution in [1.29, 1.82) is 0 Å². The number of anilines is 1. The van der Waals surface area contributed by atoms with E-state index >= 15 is 0 Å². The third-order valence-corrected chi connectivity index (χ3v) is 3.59. The zero-order valence-electron chi connectivity index (χ0n) is 9.07. The highest BCUT2D eigenvalue weighted by molar-refractivity contribution is 7.89. The lowest BCUT2D eigenvalue weighted by Gasteiger charge is -2.07. The molecule has 4 nitrogen and oxygen atoms in total. The first kappa shape index (κ1) is 11.4. The zero-order valence-corrected chi connectivity index (χ0v) is 9.89. The van der Waals surface area contributed by atoms with Gasteiger partial charge in [0.25, 0.3) is 0 Å².